The normalized spacial score (nSPS) is 30.2. The standard InChI is InChI=1S/C21H38O5S2/c1-8-9-10-17(22)14-27(7,19(2,3)4)26-28(24,25)15-21-12-11-16(13-18(21)23)20(21,5)6/h16H,8-15H2,1-7H3. The maximum atomic E-state index is 13.2. The number of fused-ring (bicyclic) bond motifs is 2. The number of unbranched alkanes of at least 4 members (excludes halogenated alkanes) is 1. The van der Waals surface area contributed by atoms with Gasteiger partial charge in [0.05, 0.1) is 16.9 Å². The molecule has 0 radical (unpaired) electrons. The highest BCUT2D eigenvalue weighted by Gasteiger charge is 2.65. The van der Waals surface area contributed by atoms with Gasteiger partial charge in [0.15, 0.2) is 0 Å². The van der Waals surface area contributed by atoms with Gasteiger partial charge < -0.3 is 0 Å². The average Bonchev–Trinajstić information content (AvgIpc) is 2.84. The molecule has 0 N–H and O–H groups in total. The fraction of sp³-hybridized carbons (Fsp3) is 0.905. The van der Waals surface area contributed by atoms with E-state index >= 15 is 0 Å². The van der Waals surface area contributed by atoms with Crippen LogP contribution in [0.4, 0.5) is 0 Å². The van der Waals surface area contributed by atoms with E-state index in [9.17, 15) is 18.0 Å². The monoisotopic (exact) mass is 434 g/mol. The highest BCUT2D eigenvalue weighted by molar-refractivity contribution is 8.33. The first-order valence-electron chi connectivity index (χ1n) is 10.3. The Labute approximate surface area is 173 Å². The molecule has 2 rings (SSSR count). The average molecular weight is 435 g/mol. The summed E-state index contributed by atoms with van der Waals surface area (Å²) in [5.41, 5.74) is -1.17. The molecule has 0 amide bonds. The third kappa shape index (κ3) is 4.22. The molecule has 164 valence electrons. The van der Waals surface area contributed by atoms with Gasteiger partial charge in [-0.05, 0) is 36.9 Å². The fourth-order valence-electron chi connectivity index (χ4n) is 4.76. The van der Waals surface area contributed by atoms with Crippen LogP contribution in [-0.4, -0.2) is 42.5 Å². The molecule has 0 spiro atoms. The van der Waals surface area contributed by atoms with Crippen LogP contribution in [-0.2, 0) is 23.3 Å². The Morgan fingerprint density at radius 3 is 2.29 bits per heavy atom. The largest absolute Gasteiger partial charge is 0.299 e. The van der Waals surface area contributed by atoms with Crippen molar-refractivity contribution in [2.75, 3.05) is 17.8 Å². The summed E-state index contributed by atoms with van der Waals surface area (Å²) >= 11 is 0. The van der Waals surface area contributed by atoms with Crippen LogP contribution < -0.4 is 0 Å². The van der Waals surface area contributed by atoms with Gasteiger partial charge in [-0.3, -0.25) is 9.59 Å². The van der Waals surface area contributed by atoms with Crippen molar-refractivity contribution in [2.45, 2.75) is 84.8 Å². The molecule has 0 heterocycles. The van der Waals surface area contributed by atoms with Crippen molar-refractivity contribution in [1.29, 1.82) is 0 Å². The van der Waals surface area contributed by atoms with Crippen LogP contribution in [0, 0.1) is 16.7 Å². The molecule has 0 aromatic carbocycles. The van der Waals surface area contributed by atoms with Gasteiger partial charge in [0, 0.05) is 17.6 Å². The maximum absolute atomic E-state index is 13.2. The molecular weight excluding hydrogens is 396 g/mol. The number of hydrogen-bond donors (Lipinski definition) is 0. The Bertz CT molecular complexity index is 734. The van der Waals surface area contributed by atoms with Crippen LogP contribution in [0.2, 0.25) is 0 Å². The molecule has 2 saturated carbocycles. The number of hydrogen-bond acceptors (Lipinski definition) is 5. The van der Waals surface area contributed by atoms with Crippen LogP contribution >= 0.6 is 10.3 Å². The Morgan fingerprint density at radius 1 is 1.25 bits per heavy atom. The van der Waals surface area contributed by atoms with E-state index in [4.69, 9.17) is 3.63 Å². The zero-order valence-electron chi connectivity index (χ0n) is 18.6. The van der Waals surface area contributed by atoms with Crippen molar-refractivity contribution < 1.29 is 21.6 Å². The zero-order valence-corrected chi connectivity index (χ0v) is 20.2. The minimum absolute atomic E-state index is 0.0563. The summed E-state index contributed by atoms with van der Waals surface area (Å²) in [6.45, 7) is 11.9. The Kier molecular flexibility index (Phi) is 6.56. The summed E-state index contributed by atoms with van der Waals surface area (Å²) in [5.74, 6) is 0.257. The fourth-order valence-corrected chi connectivity index (χ4v) is 10.3. The van der Waals surface area contributed by atoms with E-state index in [1.165, 1.54) is 0 Å². The molecule has 3 unspecified atom stereocenters. The summed E-state index contributed by atoms with van der Waals surface area (Å²) < 4.78 is 31.8. The van der Waals surface area contributed by atoms with Crippen molar-refractivity contribution in [3.8, 4) is 0 Å². The molecule has 0 aliphatic heterocycles. The van der Waals surface area contributed by atoms with Crippen LogP contribution in [0.15, 0.2) is 0 Å². The van der Waals surface area contributed by atoms with E-state index in [0.717, 1.165) is 19.3 Å². The van der Waals surface area contributed by atoms with Crippen LogP contribution in [0.5, 0.6) is 0 Å². The number of carbonyl (C=O) groups is 2. The topological polar surface area (TPSA) is 77.5 Å². The van der Waals surface area contributed by atoms with Crippen molar-refractivity contribution in [3.05, 3.63) is 0 Å². The highest BCUT2D eigenvalue weighted by Crippen LogP contribution is 2.65. The van der Waals surface area contributed by atoms with E-state index in [0.29, 0.717) is 19.3 Å². The maximum Gasteiger partial charge on any atom is 0.277 e. The number of carbonyl (C=O) groups excluding carboxylic acids is 2. The van der Waals surface area contributed by atoms with Gasteiger partial charge in [-0.15, -0.1) is 10.3 Å². The van der Waals surface area contributed by atoms with Gasteiger partial charge in [-0.1, -0.05) is 48.0 Å². The quantitative estimate of drug-likeness (QED) is 0.528. The van der Waals surface area contributed by atoms with Crippen LogP contribution in [0.25, 0.3) is 0 Å². The Morgan fingerprint density at radius 2 is 1.86 bits per heavy atom. The molecular formula is C21H38O5S2. The van der Waals surface area contributed by atoms with E-state index in [2.05, 4.69) is 0 Å². The van der Waals surface area contributed by atoms with Gasteiger partial charge in [0.25, 0.3) is 10.1 Å². The van der Waals surface area contributed by atoms with Crippen LogP contribution in [0.1, 0.15) is 80.1 Å². The van der Waals surface area contributed by atoms with Crippen LogP contribution in [0.3, 0.4) is 0 Å². The van der Waals surface area contributed by atoms with Crippen molar-refractivity contribution in [1.82, 2.24) is 0 Å². The molecule has 0 saturated heterocycles. The molecule has 0 aromatic heterocycles. The molecule has 2 aliphatic carbocycles. The predicted octanol–water partition coefficient (Wildman–Crippen LogP) is 4.64. The summed E-state index contributed by atoms with van der Waals surface area (Å²) in [6, 6.07) is 0. The zero-order chi connectivity index (χ0) is 21.6. The van der Waals surface area contributed by atoms with Crippen molar-refractivity contribution >= 4 is 32.0 Å². The second-order valence-corrected chi connectivity index (χ2v) is 15.8. The van der Waals surface area contributed by atoms with E-state index in [1.807, 2.05) is 41.5 Å². The Balaban J connectivity index is 2.26. The lowest BCUT2D eigenvalue weighted by atomic mass is 9.70. The first-order valence-corrected chi connectivity index (χ1v) is 14.1. The van der Waals surface area contributed by atoms with Gasteiger partial charge >= 0.3 is 0 Å². The molecule has 7 heteroatoms. The number of Topliss-reactive ketones (excluding diaryl/α,β-unsaturated/α-hetero) is 2. The third-order valence-corrected chi connectivity index (χ3v) is 13.7. The summed E-state index contributed by atoms with van der Waals surface area (Å²) in [4.78, 5) is 25.2. The van der Waals surface area contributed by atoms with E-state index < -0.39 is 30.6 Å². The minimum atomic E-state index is -3.96. The lowest BCUT2D eigenvalue weighted by Gasteiger charge is -2.46. The summed E-state index contributed by atoms with van der Waals surface area (Å²) in [5, 5.41) is 0. The van der Waals surface area contributed by atoms with Crippen molar-refractivity contribution in [2.24, 2.45) is 16.7 Å². The summed E-state index contributed by atoms with van der Waals surface area (Å²) in [6.07, 6.45) is 5.96. The lowest BCUT2D eigenvalue weighted by molar-refractivity contribution is -0.128. The first kappa shape index (κ1) is 23.9. The third-order valence-electron chi connectivity index (χ3n) is 7.36. The second-order valence-electron chi connectivity index (χ2n) is 10.3. The van der Waals surface area contributed by atoms with Gasteiger partial charge in [0.1, 0.15) is 11.6 Å². The SMILES string of the molecule is CCCCC(=O)CS(C)(OS(=O)(=O)CC12CCC(CC1=O)C2(C)C)C(C)(C)C. The molecule has 2 bridgehead atoms. The molecule has 2 aliphatic rings. The predicted molar refractivity (Wildman–Crippen MR) is 116 cm³/mol. The lowest BCUT2D eigenvalue weighted by Crippen LogP contribution is -2.43. The number of ketones is 2. The molecule has 2 fully saturated rings. The van der Waals surface area contributed by atoms with Gasteiger partial charge in [0.2, 0.25) is 0 Å². The molecule has 0 aromatic rings. The molecule has 28 heavy (non-hydrogen) atoms. The Hall–Kier alpha value is -0.400. The minimum Gasteiger partial charge on any atom is -0.299 e. The summed E-state index contributed by atoms with van der Waals surface area (Å²) in [7, 11) is -6.16. The van der Waals surface area contributed by atoms with Gasteiger partial charge in [-0.2, -0.15) is 8.42 Å². The second kappa shape index (κ2) is 7.69. The van der Waals surface area contributed by atoms with Gasteiger partial charge in [-0.25, -0.2) is 3.63 Å². The van der Waals surface area contributed by atoms with Crippen molar-refractivity contribution in [3.63, 3.8) is 0 Å². The number of rotatable bonds is 9. The first-order chi connectivity index (χ1) is 12.6. The molecule has 3 atom stereocenters. The highest BCUT2D eigenvalue weighted by atomic mass is 32.3. The smallest absolute Gasteiger partial charge is 0.277 e. The van der Waals surface area contributed by atoms with E-state index in [-0.39, 0.29) is 34.4 Å². The molecule has 5 nitrogen and oxygen atoms in total. The van der Waals surface area contributed by atoms with E-state index in [1.54, 1.807) is 6.26 Å².